The van der Waals surface area contributed by atoms with Crippen molar-refractivity contribution >= 4 is 11.6 Å². The van der Waals surface area contributed by atoms with Gasteiger partial charge >= 0.3 is 0 Å². The van der Waals surface area contributed by atoms with E-state index in [0.717, 1.165) is 12.3 Å². The Labute approximate surface area is 115 Å². The van der Waals surface area contributed by atoms with E-state index in [2.05, 4.69) is 60.7 Å². The molecule has 2 rings (SSSR count). The first-order valence-electron chi connectivity index (χ1n) is 6.57. The minimum atomic E-state index is 0.496. The molecule has 0 aliphatic heterocycles. The van der Waals surface area contributed by atoms with E-state index in [0.29, 0.717) is 5.92 Å². The molecule has 0 aliphatic carbocycles. The quantitative estimate of drug-likeness (QED) is 0.492. The van der Waals surface area contributed by atoms with E-state index in [4.69, 9.17) is 11.6 Å². The van der Waals surface area contributed by atoms with Gasteiger partial charge in [0.1, 0.15) is 0 Å². The Morgan fingerprint density at radius 2 is 1.22 bits per heavy atom. The van der Waals surface area contributed by atoms with Crippen LogP contribution in [0.4, 0.5) is 0 Å². The second kappa shape index (κ2) is 7.23. The molecule has 0 atom stereocenters. The van der Waals surface area contributed by atoms with Gasteiger partial charge in [-0.1, -0.05) is 67.1 Å². The molecular formula is C17H19Cl. The fourth-order valence-corrected chi connectivity index (χ4v) is 2.53. The Morgan fingerprint density at radius 3 is 1.67 bits per heavy atom. The second-order valence-electron chi connectivity index (χ2n) is 4.56. The molecule has 0 fully saturated rings. The standard InChI is InChI=1S/C17H19Cl/c18-14-8-7-13-17(15-9-3-1-4-10-15)16-11-5-2-6-12-16/h1-6,9-12,17H,7-8,13-14H2. The summed E-state index contributed by atoms with van der Waals surface area (Å²) >= 11 is 5.78. The average Bonchev–Trinajstić information content (AvgIpc) is 2.46. The maximum atomic E-state index is 5.78. The summed E-state index contributed by atoms with van der Waals surface area (Å²) in [4.78, 5) is 0. The third-order valence-corrected chi connectivity index (χ3v) is 3.55. The summed E-state index contributed by atoms with van der Waals surface area (Å²) in [7, 11) is 0. The zero-order chi connectivity index (χ0) is 12.6. The SMILES string of the molecule is ClCCCCC(c1ccccc1)c1ccccc1. The molecule has 94 valence electrons. The summed E-state index contributed by atoms with van der Waals surface area (Å²) in [6, 6.07) is 21.5. The number of hydrogen-bond acceptors (Lipinski definition) is 0. The highest BCUT2D eigenvalue weighted by Crippen LogP contribution is 2.29. The Bertz CT molecular complexity index is 396. The minimum absolute atomic E-state index is 0.496. The number of halogens is 1. The van der Waals surface area contributed by atoms with Crippen LogP contribution in [0.3, 0.4) is 0 Å². The van der Waals surface area contributed by atoms with Crippen molar-refractivity contribution < 1.29 is 0 Å². The van der Waals surface area contributed by atoms with Crippen molar-refractivity contribution in [1.29, 1.82) is 0 Å². The van der Waals surface area contributed by atoms with Gasteiger partial charge in [-0.2, -0.15) is 0 Å². The summed E-state index contributed by atoms with van der Waals surface area (Å²) < 4.78 is 0. The maximum Gasteiger partial charge on any atom is 0.0223 e. The normalized spacial score (nSPS) is 10.8. The van der Waals surface area contributed by atoms with Crippen LogP contribution < -0.4 is 0 Å². The highest BCUT2D eigenvalue weighted by Gasteiger charge is 2.12. The number of benzene rings is 2. The number of hydrogen-bond donors (Lipinski definition) is 0. The molecule has 18 heavy (non-hydrogen) atoms. The molecule has 0 aromatic heterocycles. The molecule has 0 amide bonds. The predicted molar refractivity (Wildman–Crippen MR) is 79.3 cm³/mol. The molecule has 0 aliphatic rings. The summed E-state index contributed by atoms with van der Waals surface area (Å²) in [6.45, 7) is 0. The Kier molecular flexibility index (Phi) is 5.29. The minimum Gasteiger partial charge on any atom is -0.127 e. The molecular weight excluding hydrogens is 240 g/mol. The van der Waals surface area contributed by atoms with Crippen LogP contribution >= 0.6 is 11.6 Å². The van der Waals surface area contributed by atoms with Crippen molar-refractivity contribution in [1.82, 2.24) is 0 Å². The Hall–Kier alpha value is -1.27. The summed E-state index contributed by atoms with van der Waals surface area (Å²) in [6.07, 6.45) is 3.44. The summed E-state index contributed by atoms with van der Waals surface area (Å²) in [5, 5.41) is 0. The lowest BCUT2D eigenvalue weighted by atomic mass is 9.87. The van der Waals surface area contributed by atoms with Crippen LogP contribution in [0, 0.1) is 0 Å². The smallest absolute Gasteiger partial charge is 0.0223 e. The van der Waals surface area contributed by atoms with Gasteiger partial charge in [0, 0.05) is 11.8 Å². The topological polar surface area (TPSA) is 0 Å². The molecule has 0 N–H and O–H groups in total. The van der Waals surface area contributed by atoms with Crippen molar-refractivity contribution in [2.75, 3.05) is 5.88 Å². The van der Waals surface area contributed by atoms with Crippen LogP contribution in [0.5, 0.6) is 0 Å². The van der Waals surface area contributed by atoms with Gasteiger partial charge in [-0.25, -0.2) is 0 Å². The van der Waals surface area contributed by atoms with Crippen LogP contribution in [-0.2, 0) is 0 Å². The number of rotatable bonds is 6. The average molecular weight is 259 g/mol. The maximum absolute atomic E-state index is 5.78. The van der Waals surface area contributed by atoms with Crippen molar-refractivity contribution in [2.45, 2.75) is 25.2 Å². The van der Waals surface area contributed by atoms with Gasteiger partial charge in [-0.15, -0.1) is 11.6 Å². The van der Waals surface area contributed by atoms with Crippen molar-refractivity contribution in [2.24, 2.45) is 0 Å². The van der Waals surface area contributed by atoms with Crippen molar-refractivity contribution in [3.8, 4) is 0 Å². The third-order valence-electron chi connectivity index (χ3n) is 3.28. The largest absolute Gasteiger partial charge is 0.127 e. The first kappa shape index (κ1) is 13.2. The van der Waals surface area contributed by atoms with E-state index >= 15 is 0 Å². The van der Waals surface area contributed by atoms with Crippen LogP contribution in [-0.4, -0.2) is 5.88 Å². The first-order valence-corrected chi connectivity index (χ1v) is 7.11. The predicted octanol–water partition coefficient (Wildman–Crippen LogP) is 5.23. The molecule has 0 bridgehead atoms. The monoisotopic (exact) mass is 258 g/mol. The molecule has 0 spiro atoms. The first-order chi connectivity index (χ1) is 8.92. The van der Waals surface area contributed by atoms with E-state index in [1.807, 2.05) is 0 Å². The number of alkyl halides is 1. The lowest BCUT2D eigenvalue weighted by molar-refractivity contribution is 0.652. The van der Waals surface area contributed by atoms with Gasteiger partial charge in [-0.3, -0.25) is 0 Å². The molecule has 1 heteroatoms. The molecule has 0 nitrogen and oxygen atoms in total. The van der Waals surface area contributed by atoms with Gasteiger partial charge in [0.25, 0.3) is 0 Å². The summed E-state index contributed by atoms with van der Waals surface area (Å²) in [5.74, 6) is 1.26. The fraction of sp³-hybridized carbons (Fsp3) is 0.294. The molecule has 2 aromatic rings. The van der Waals surface area contributed by atoms with E-state index in [1.165, 1.54) is 24.0 Å². The third kappa shape index (κ3) is 3.61. The van der Waals surface area contributed by atoms with E-state index < -0.39 is 0 Å². The zero-order valence-corrected chi connectivity index (χ0v) is 11.3. The highest BCUT2D eigenvalue weighted by molar-refractivity contribution is 6.17. The van der Waals surface area contributed by atoms with Gasteiger partial charge in [0.05, 0.1) is 0 Å². The van der Waals surface area contributed by atoms with Crippen LogP contribution in [0.25, 0.3) is 0 Å². The molecule has 2 aromatic carbocycles. The van der Waals surface area contributed by atoms with Gasteiger partial charge < -0.3 is 0 Å². The van der Waals surface area contributed by atoms with Crippen LogP contribution in [0.2, 0.25) is 0 Å². The highest BCUT2D eigenvalue weighted by atomic mass is 35.5. The number of unbranched alkanes of at least 4 members (excludes halogenated alkanes) is 1. The molecule has 0 heterocycles. The van der Waals surface area contributed by atoms with E-state index in [1.54, 1.807) is 0 Å². The molecule has 0 radical (unpaired) electrons. The lowest BCUT2D eigenvalue weighted by Crippen LogP contribution is -2.01. The summed E-state index contributed by atoms with van der Waals surface area (Å²) in [5.41, 5.74) is 2.80. The van der Waals surface area contributed by atoms with Crippen LogP contribution in [0.1, 0.15) is 36.3 Å². The molecule has 0 saturated heterocycles. The van der Waals surface area contributed by atoms with E-state index in [9.17, 15) is 0 Å². The van der Waals surface area contributed by atoms with Crippen molar-refractivity contribution in [3.63, 3.8) is 0 Å². The van der Waals surface area contributed by atoms with Gasteiger partial charge in [-0.05, 0) is 24.0 Å². The van der Waals surface area contributed by atoms with Gasteiger partial charge in [0.2, 0.25) is 0 Å². The molecule has 0 unspecified atom stereocenters. The Balaban J connectivity index is 2.18. The molecule has 0 saturated carbocycles. The zero-order valence-electron chi connectivity index (χ0n) is 10.6. The Morgan fingerprint density at radius 1 is 0.722 bits per heavy atom. The lowest BCUT2D eigenvalue weighted by Gasteiger charge is -2.17. The fourth-order valence-electron chi connectivity index (χ4n) is 2.34. The van der Waals surface area contributed by atoms with Crippen LogP contribution in [0.15, 0.2) is 60.7 Å². The van der Waals surface area contributed by atoms with E-state index in [-0.39, 0.29) is 0 Å². The van der Waals surface area contributed by atoms with Crippen molar-refractivity contribution in [3.05, 3.63) is 71.8 Å². The second-order valence-corrected chi connectivity index (χ2v) is 4.94. The van der Waals surface area contributed by atoms with Gasteiger partial charge in [0.15, 0.2) is 0 Å².